The molecule has 1 aromatic heterocycles. The van der Waals surface area contributed by atoms with E-state index in [1.165, 1.54) is 11.5 Å². The van der Waals surface area contributed by atoms with Crippen molar-refractivity contribution < 1.29 is 14.6 Å². The summed E-state index contributed by atoms with van der Waals surface area (Å²) >= 11 is 0. The van der Waals surface area contributed by atoms with Crippen LogP contribution in [0.1, 0.15) is 56.3 Å². The van der Waals surface area contributed by atoms with Crippen LogP contribution in [0.2, 0.25) is 0 Å². The summed E-state index contributed by atoms with van der Waals surface area (Å²) in [6.45, 7) is 9.60. The molecule has 3 rings (SSSR count). The van der Waals surface area contributed by atoms with Gasteiger partial charge in [0.15, 0.2) is 0 Å². The van der Waals surface area contributed by atoms with Gasteiger partial charge in [0.1, 0.15) is 5.75 Å². The molecule has 2 aromatic carbocycles. The van der Waals surface area contributed by atoms with Crippen LogP contribution >= 0.6 is 0 Å². The minimum Gasteiger partial charge on any atom is -0.490 e. The Hall–Kier alpha value is -3.88. The van der Waals surface area contributed by atoms with E-state index in [2.05, 4.69) is 9.98 Å². The Kier molecular flexibility index (Phi) is 8.11. The van der Waals surface area contributed by atoms with E-state index in [-0.39, 0.29) is 24.7 Å². The number of nitrogens with zero attached hydrogens (tertiary/aromatic N) is 3. The number of carboxylic acid groups (broad SMARTS) is 1. The van der Waals surface area contributed by atoms with Crippen molar-refractivity contribution in [2.45, 2.75) is 66.2 Å². The Morgan fingerprint density at radius 2 is 1.80 bits per heavy atom. The maximum absolute atomic E-state index is 13.4. The standard InChI is InChI=1S/C26H32N4O5/c1-6-19(5)35-22-12-11-21(13-17(22)3)27-24-28-25(33)30(18(4)14-23(31)32)26(34)29(24)15-20-9-7-16(2)8-10-20/h7-13,18-19H,6,14-15H2,1-5H3,(H,31,32)(H,27,28,33)/t18-,19-/m1/s1. The number of ether oxygens (including phenoxy) is 1. The van der Waals surface area contributed by atoms with Gasteiger partial charge in [0.25, 0.3) is 0 Å². The van der Waals surface area contributed by atoms with Crippen LogP contribution in [-0.4, -0.2) is 31.3 Å². The van der Waals surface area contributed by atoms with Gasteiger partial charge in [0.2, 0.25) is 5.62 Å². The fourth-order valence-corrected chi connectivity index (χ4v) is 3.63. The highest BCUT2D eigenvalue weighted by molar-refractivity contribution is 5.67. The van der Waals surface area contributed by atoms with Crippen LogP contribution in [0.25, 0.3) is 0 Å². The first kappa shape index (κ1) is 25.7. The van der Waals surface area contributed by atoms with Crippen molar-refractivity contribution in [2.75, 3.05) is 0 Å². The van der Waals surface area contributed by atoms with E-state index in [0.717, 1.165) is 33.4 Å². The number of H-pyrrole nitrogens is 1. The van der Waals surface area contributed by atoms with Crippen molar-refractivity contribution in [3.8, 4) is 5.75 Å². The number of aromatic nitrogens is 3. The smallest absolute Gasteiger partial charge is 0.335 e. The first-order valence-corrected chi connectivity index (χ1v) is 11.6. The Morgan fingerprint density at radius 3 is 2.40 bits per heavy atom. The van der Waals surface area contributed by atoms with Gasteiger partial charge < -0.3 is 9.84 Å². The van der Waals surface area contributed by atoms with Gasteiger partial charge in [-0.3, -0.25) is 14.3 Å². The zero-order valence-corrected chi connectivity index (χ0v) is 20.7. The van der Waals surface area contributed by atoms with Crippen LogP contribution in [0.15, 0.2) is 57.0 Å². The summed E-state index contributed by atoms with van der Waals surface area (Å²) in [4.78, 5) is 44.7. The summed E-state index contributed by atoms with van der Waals surface area (Å²) < 4.78 is 8.19. The van der Waals surface area contributed by atoms with Crippen molar-refractivity contribution in [1.29, 1.82) is 0 Å². The molecule has 0 saturated carbocycles. The third kappa shape index (κ3) is 6.38. The summed E-state index contributed by atoms with van der Waals surface area (Å²) in [7, 11) is 0. The average molecular weight is 481 g/mol. The lowest BCUT2D eigenvalue weighted by molar-refractivity contribution is -0.137. The van der Waals surface area contributed by atoms with Gasteiger partial charge >= 0.3 is 17.3 Å². The molecule has 0 aliphatic heterocycles. The van der Waals surface area contributed by atoms with Crippen molar-refractivity contribution >= 4 is 11.7 Å². The normalized spacial score (nSPS) is 13.5. The van der Waals surface area contributed by atoms with Gasteiger partial charge in [0.05, 0.1) is 30.8 Å². The molecule has 1 heterocycles. The summed E-state index contributed by atoms with van der Waals surface area (Å²) in [5.74, 6) is -0.352. The fraction of sp³-hybridized carbons (Fsp3) is 0.385. The zero-order chi connectivity index (χ0) is 25.7. The molecule has 9 nitrogen and oxygen atoms in total. The number of rotatable bonds is 9. The quantitative estimate of drug-likeness (QED) is 0.486. The largest absolute Gasteiger partial charge is 0.490 e. The molecule has 0 aliphatic rings. The van der Waals surface area contributed by atoms with Crippen LogP contribution in [0.3, 0.4) is 0 Å². The third-order valence-electron chi connectivity index (χ3n) is 5.80. The van der Waals surface area contributed by atoms with E-state index in [1.54, 1.807) is 6.07 Å². The predicted octanol–water partition coefficient (Wildman–Crippen LogP) is 3.45. The fourth-order valence-electron chi connectivity index (χ4n) is 3.63. The first-order chi connectivity index (χ1) is 16.6. The molecule has 0 spiro atoms. The van der Waals surface area contributed by atoms with Crippen molar-refractivity contribution in [2.24, 2.45) is 4.99 Å². The molecule has 0 amide bonds. The van der Waals surface area contributed by atoms with Crippen molar-refractivity contribution in [1.82, 2.24) is 14.1 Å². The van der Waals surface area contributed by atoms with Crippen molar-refractivity contribution in [3.63, 3.8) is 0 Å². The third-order valence-corrected chi connectivity index (χ3v) is 5.80. The molecule has 0 saturated heterocycles. The van der Waals surface area contributed by atoms with Crippen LogP contribution in [0, 0.1) is 13.8 Å². The van der Waals surface area contributed by atoms with Crippen molar-refractivity contribution in [3.05, 3.63) is 85.7 Å². The molecule has 0 bridgehead atoms. The minimum atomic E-state index is -1.10. The maximum atomic E-state index is 13.4. The topological polar surface area (TPSA) is 119 Å². The molecule has 3 aromatic rings. The average Bonchev–Trinajstić information content (AvgIpc) is 2.78. The second-order valence-electron chi connectivity index (χ2n) is 8.82. The lowest BCUT2D eigenvalue weighted by Gasteiger charge is -2.16. The number of hydrogen-bond acceptors (Lipinski definition) is 5. The highest BCUT2D eigenvalue weighted by Crippen LogP contribution is 2.24. The molecule has 0 radical (unpaired) electrons. The molecule has 186 valence electrons. The van der Waals surface area contributed by atoms with Crippen LogP contribution in [-0.2, 0) is 11.3 Å². The summed E-state index contributed by atoms with van der Waals surface area (Å²) in [5, 5.41) is 9.16. The van der Waals surface area contributed by atoms with Gasteiger partial charge in [0, 0.05) is 0 Å². The number of aliphatic carboxylic acids is 1. The number of hydrogen-bond donors (Lipinski definition) is 2. The van der Waals surface area contributed by atoms with Gasteiger partial charge in [-0.05, 0) is 63.4 Å². The summed E-state index contributed by atoms with van der Waals surface area (Å²) in [5.41, 5.74) is 2.08. The van der Waals surface area contributed by atoms with Gasteiger partial charge in [-0.15, -0.1) is 0 Å². The monoisotopic (exact) mass is 480 g/mol. The molecule has 0 fully saturated rings. The van der Waals surface area contributed by atoms with Gasteiger partial charge in [-0.2, -0.15) is 0 Å². The van der Waals surface area contributed by atoms with E-state index in [4.69, 9.17) is 9.84 Å². The molecular weight excluding hydrogens is 448 g/mol. The predicted molar refractivity (Wildman–Crippen MR) is 133 cm³/mol. The highest BCUT2D eigenvalue weighted by Gasteiger charge is 2.18. The van der Waals surface area contributed by atoms with Gasteiger partial charge in [-0.25, -0.2) is 19.1 Å². The Labute approximate surface area is 203 Å². The second-order valence-corrected chi connectivity index (χ2v) is 8.82. The first-order valence-electron chi connectivity index (χ1n) is 11.6. The van der Waals surface area contributed by atoms with E-state index < -0.39 is 23.4 Å². The Morgan fingerprint density at radius 1 is 1.11 bits per heavy atom. The SMILES string of the molecule is CC[C@@H](C)Oc1ccc(/N=c2\[nH]c(=O)n([C@H](C)CC(=O)O)c(=O)n2Cc2ccc(C)cc2)cc1C. The highest BCUT2D eigenvalue weighted by atomic mass is 16.5. The molecule has 2 atom stereocenters. The summed E-state index contributed by atoms with van der Waals surface area (Å²) in [6.07, 6.45) is 0.591. The Bertz CT molecular complexity index is 1380. The second kappa shape index (κ2) is 11.0. The lowest BCUT2D eigenvalue weighted by Crippen LogP contribution is -2.51. The number of aromatic amines is 1. The molecule has 9 heteroatoms. The van der Waals surface area contributed by atoms with E-state index in [0.29, 0.717) is 5.69 Å². The zero-order valence-electron chi connectivity index (χ0n) is 20.7. The van der Waals surface area contributed by atoms with Crippen LogP contribution in [0.4, 0.5) is 5.69 Å². The van der Waals surface area contributed by atoms with Crippen LogP contribution in [0.5, 0.6) is 5.75 Å². The minimum absolute atomic E-state index is 0.0740. The molecule has 35 heavy (non-hydrogen) atoms. The van der Waals surface area contributed by atoms with Gasteiger partial charge in [-0.1, -0.05) is 36.8 Å². The number of carboxylic acids is 1. The molecular formula is C26H32N4O5. The van der Waals surface area contributed by atoms with E-state index in [9.17, 15) is 14.4 Å². The number of aryl methyl sites for hydroxylation is 2. The lowest BCUT2D eigenvalue weighted by atomic mass is 10.1. The van der Waals surface area contributed by atoms with E-state index >= 15 is 0 Å². The summed E-state index contributed by atoms with van der Waals surface area (Å²) in [6, 6.07) is 12.2. The van der Waals surface area contributed by atoms with Crippen LogP contribution < -0.4 is 21.7 Å². The molecule has 2 N–H and O–H groups in total. The Balaban J connectivity index is 2.15. The number of carbonyl (C=O) groups is 1. The molecule has 0 unspecified atom stereocenters. The van der Waals surface area contributed by atoms with E-state index in [1.807, 2.05) is 64.1 Å². The number of nitrogens with one attached hydrogen (secondary N) is 1. The number of benzene rings is 2. The molecule has 0 aliphatic carbocycles. The maximum Gasteiger partial charge on any atom is 0.335 e.